The molecule has 0 amide bonds. The van der Waals surface area contributed by atoms with E-state index in [1.807, 2.05) is 0 Å². The highest BCUT2D eigenvalue weighted by Gasteiger charge is 2.26. The van der Waals surface area contributed by atoms with E-state index >= 15 is 0 Å². The van der Waals surface area contributed by atoms with E-state index in [0.717, 1.165) is 26.3 Å². The minimum atomic E-state index is 0.841. The molecule has 0 bridgehead atoms. The van der Waals surface area contributed by atoms with E-state index in [0.29, 0.717) is 0 Å². The lowest BCUT2D eigenvalue weighted by atomic mass is 10.1. The molecule has 0 unspecified atom stereocenters. The van der Waals surface area contributed by atoms with E-state index in [9.17, 15) is 0 Å². The summed E-state index contributed by atoms with van der Waals surface area (Å²) in [4.78, 5) is 7.68. The molecule has 125 valence electrons. The molecule has 23 heavy (non-hydrogen) atoms. The summed E-state index contributed by atoms with van der Waals surface area (Å²) in [5, 5.41) is 0. The van der Waals surface area contributed by atoms with Crippen LogP contribution in [0.25, 0.3) is 0 Å². The van der Waals surface area contributed by atoms with Crippen molar-refractivity contribution in [3.05, 3.63) is 18.2 Å². The van der Waals surface area contributed by atoms with E-state index in [-0.39, 0.29) is 0 Å². The van der Waals surface area contributed by atoms with Gasteiger partial charge in [0, 0.05) is 45.3 Å². The SMILES string of the molecule is [c]1ccc(N2CCCC2)c(N2CCOCC2)c1N1CCCCC1. The van der Waals surface area contributed by atoms with Crippen molar-refractivity contribution in [1.82, 2.24) is 0 Å². The van der Waals surface area contributed by atoms with Gasteiger partial charge in [0.1, 0.15) is 0 Å². The second-order valence-electron chi connectivity index (χ2n) is 6.90. The summed E-state index contributed by atoms with van der Waals surface area (Å²) >= 11 is 0. The molecule has 3 heterocycles. The van der Waals surface area contributed by atoms with Crippen LogP contribution >= 0.6 is 0 Å². The van der Waals surface area contributed by atoms with Crippen LogP contribution in [0.3, 0.4) is 0 Å². The molecule has 3 saturated heterocycles. The first kappa shape index (κ1) is 15.1. The molecule has 3 fully saturated rings. The predicted octanol–water partition coefficient (Wildman–Crippen LogP) is 2.91. The van der Waals surface area contributed by atoms with Gasteiger partial charge in [0.05, 0.1) is 30.3 Å². The van der Waals surface area contributed by atoms with E-state index < -0.39 is 0 Å². The van der Waals surface area contributed by atoms with Crippen LogP contribution in [0.4, 0.5) is 17.1 Å². The van der Waals surface area contributed by atoms with Crippen LogP contribution in [0.5, 0.6) is 0 Å². The molecule has 0 saturated carbocycles. The van der Waals surface area contributed by atoms with Crippen molar-refractivity contribution in [2.45, 2.75) is 32.1 Å². The fraction of sp³-hybridized carbons (Fsp3) is 0.684. The zero-order valence-electron chi connectivity index (χ0n) is 14.1. The molecule has 4 nitrogen and oxygen atoms in total. The molecule has 0 atom stereocenters. The van der Waals surface area contributed by atoms with Crippen molar-refractivity contribution in [3.63, 3.8) is 0 Å². The van der Waals surface area contributed by atoms with E-state index in [1.54, 1.807) is 0 Å². The van der Waals surface area contributed by atoms with Crippen molar-refractivity contribution < 1.29 is 4.74 Å². The highest BCUT2D eigenvalue weighted by atomic mass is 16.5. The van der Waals surface area contributed by atoms with Gasteiger partial charge in [-0.25, -0.2) is 0 Å². The van der Waals surface area contributed by atoms with Gasteiger partial charge in [-0.1, -0.05) is 0 Å². The molecule has 3 aliphatic heterocycles. The first-order valence-electron chi connectivity index (χ1n) is 9.31. The van der Waals surface area contributed by atoms with Crippen LogP contribution in [-0.2, 0) is 4.74 Å². The molecule has 1 radical (unpaired) electrons. The first-order chi connectivity index (χ1) is 11.4. The lowest BCUT2D eigenvalue weighted by Gasteiger charge is -2.38. The average Bonchev–Trinajstić information content (AvgIpc) is 3.17. The van der Waals surface area contributed by atoms with Gasteiger partial charge in [0.2, 0.25) is 0 Å². The molecule has 4 rings (SSSR count). The third-order valence-electron chi connectivity index (χ3n) is 5.37. The second kappa shape index (κ2) is 7.00. The Morgan fingerprint density at radius 2 is 1.39 bits per heavy atom. The normalized spacial score (nSPS) is 22.7. The molecular formula is C19H28N3O. The van der Waals surface area contributed by atoms with Crippen LogP contribution in [-0.4, -0.2) is 52.5 Å². The van der Waals surface area contributed by atoms with Gasteiger partial charge in [0.15, 0.2) is 0 Å². The van der Waals surface area contributed by atoms with Crippen molar-refractivity contribution in [3.8, 4) is 0 Å². The van der Waals surface area contributed by atoms with Crippen LogP contribution in [0.2, 0.25) is 0 Å². The zero-order valence-corrected chi connectivity index (χ0v) is 14.1. The highest BCUT2D eigenvalue weighted by Crippen LogP contribution is 2.41. The Morgan fingerprint density at radius 3 is 2.13 bits per heavy atom. The zero-order chi connectivity index (χ0) is 15.5. The topological polar surface area (TPSA) is 19.0 Å². The number of ether oxygens (including phenoxy) is 1. The van der Waals surface area contributed by atoms with Crippen LogP contribution < -0.4 is 14.7 Å². The van der Waals surface area contributed by atoms with Gasteiger partial charge in [-0.3, -0.25) is 0 Å². The van der Waals surface area contributed by atoms with Gasteiger partial charge in [-0.15, -0.1) is 0 Å². The predicted molar refractivity (Wildman–Crippen MR) is 95.8 cm³/mol. The third-order valence-corrected chi connectivity index (χ3v) is 5.37. The summed E-state index contributed by atoms with van der Waals surface area (Å²) in [6.45, 7) is 8.43. The number of piperidine rings is 1. The monoisotopic (exact) mass is 314 g/mol. The molecule has 0 aromatic heterocycles. The van der Waals surface area contributed by atoms with E-state index in [4.69, 9.17) is 4.74 Å². The van der Waals surface area contributed by atoms with Crippen molar-refractivity contribution >= 4 is 17.1 Å². The van der Waals surface area contributed by atoms with E-state index in [1.165, 1.54) is 75.3 Å². The average molecular weight is 314 g/mol. The maximum Gasteiger partial charge on any atom is 0.0849 e. The number of rotatable bonds is 3. The Morgan fingerprint density at radius 1 is 0.739 bits per heavy atom. The summed E-state index contributed by atoms with van der Waals surface area (Å²) in [6.07, 6.45) is 6.63. The molecule has 0 aliphatic carbocycles. The smallest absolute Gasteiger partial charge is 0.0849 e. The summed E-state index contributed by atoms with van der Waals surface area (Å²) < 4.78 is 5.59. The minimum Gasteiger partial charge on any atom is -0.378 e. The second-order valence-corrected chi connectivity index (χ2v) is 6.90. The first-order valence-corrected chi connectivity index (χ1v) is 9.31. The fourth-order valence-corrected chi connectivity index (χ4v) is 4.14. The molecule has 1 aromatic rings. The van der Waals surface area contributed by atoms with Crippen LogP contribution in [0.15, 0.2) is 12.1 Å². The third kappa shape index (κ3) is 3.14. The fourth-order valence-electron chi connectivity index (χ4n) is 4.14. The van der Waals surface area contributed by atoms with Gasteiger partial charge in [-0.05, 0) is 44.2 Å². The lowest BCUT2D eigenvalue weighted by molar-refractivity contribution is 0.123. The number of benzene rings is 1. The van der Waals surface area contributed by atoms with Crippen molar-refractivity contribution in [2.24, 2.45) is 0 Å². The maximum atomic E-state index is 5.59. The number of hydrogen-bond acceptors (Lipinski definition) is 4. The number of hydrogen-bond donors (Lipinski definition) is 0. The summed E-state index contributed by atoms with van der Waals surface area (Å²) in [5.41, 5.74) is 4.17. The Balaban J connectivity index is 1.72. The van der Waals surface area contributed by atoms with E-state index in [2.05, 4.69) is 32.9 Å². The number of anilines is 3. The molecule has 1 aromatic carbocycles. The van der Waals surface area contributed by atoms with Gasteiger partial charge < -0.3 is 19.4 Å². The summed E-state index contributed by atoms with van der Waals surface area (Å²) in [5.74, 6) is 0. The van der Waals surface area contributed by atoms with Crippen molar-refractivity contribution in [1.29, 1.82) is 0 Å². The molecule has 0 spiro atoms. The number of nitrogens with zero attached hydrogens (tertiary/aromatic N) is 3. The minimum absolute atomic E-state index is 0.841. The standard InChI is InChI=1S/C19H28N3O/c1-2-9-20(10-3-1)17-7-6-8-18(21-11-4-5-12-21)19(17)22-13-15-23-16-14-22/h6,8H,1-5,9-16H2. The van der Waals surface area contributed by atoms with Gasteiger partial charge in [0.25, 0.3) is 0 Å². The quantitative estimate of drug-likeness (QED) is 0.854. The van der Waals surface area contributed by atoms with Gasteiger partial charge >= 0.3 is 0 Å². The van der Waals surface area contributed by atoms with Crippen molar-refractivity contribution in [2.75, 3.05) is 67.2 Å². The maximum absolute atomic E-state index is 5.59. The molecule has 3 aliphatic rings. The molecule has 4 heteroatoms. The molecule has 0 N–H and O–H groups in total. The largest absolute Gasteiger partial charge is 0.378 e. The van der Waals surface area contributed by atoms with Crippen LogP contribution in [0.1, 0.15) is 32.1 Å². The molecular weight excluding hydrogens is 286 g/mol. The Kier molecular flexibility index (Phi) is 4.60. The Labute approximate surface area is 140 Å². The number of morpholine rings is 1. The van der Waals surface area contributed by atoms with Crippen LogP contribution in [0, 0.1) is 6.07 Å². The highest BCUT2D eigenvalue weighted by molar-refractivity contribution is 5.85. The van der Waals surface area contributed by atoms with Gasteiger partial charge in [-0.2, -0.15) is 0 Å². The summed E-state index contributed by atoms with van der Waals surface area (Å²) in [6, 6.07) is 8.01. The lowest BCUT2D eigenvalue weighted by Crippen LogP contribution is -2.39. The Hall–Kier alpha value is -1.42. The summed E-state index contributed by atoms with van der Waals surface area (Å²) in [7, 11) is 0. The Bertz CT molecular complexity index is 515.